The number of hydrogen-bond acceptors (Lipinski definition) is 3. The summed E-state index contributed by atoms with van der Waals surface area (Å²) in [5.74, 6) is 0.0228. The highest BCUT2D eigenvalue weighted by atomic mass is 35.5. The molecule has 5 heteroatoms. The summed E-state index contributed by atoms with van der Waals surface area (Å²) in [5.41, 5.74) is 4.38. The van der Waals surface area contributed by atoms with E-state index in [9.17, 15) is 4.79 Å². The zero-order valence-corrected chi connectivity index (χ0v) is 15.8. The first-order valence-electron chi connectivity index (χ1n) is 8.76. The third kappa shape index (κ3) is 3.81. The number of amides is 1. The minimum Gasteiger partial charge on any atom is -0.349 e. The van der Waals surface area contributed by atoms with E-state index in [4.69, 9.17) is 11.6 Å². The summed E-state index contributed by atoms with van der Waals surface area (Å²) >= 11 is 7.59. The van der Waals surface area contributed by atoms with Gasteiger partial charge in [-0.2, -0.15) is 0 Å². The third-order valence-electron chi connectivity index (χ3n) is 4.67. The fourth-order valence-electron chi connectivity index (χ4n) is 3.46. The van der Waals surface area contributed by atoms with Crippen molar-refractivity contribution in [2.75, 3.05) is 0 Å². The topological polar surface area (TPSA) is 42.0 Å². The number of halogens is 1. The number of aromatic nitrogens is 1. The molecule has 1 aliphatic carbocycles. The van der Waals surface area contributed by atoms with Crippen LogP contribution in [0, 0.1) is 0 Å². The Morgan fingerprint density at radius 2 is 2.12 bits per heavy atom. The van der Waals surface area contributed by atoms with Crippen LogP contribution >= 0.6 is 22.9 Å². The Kier molecular flexibility index (Phi) is 5.05. The summed E-state index contributed by atoms with van der Waals surface area (Å²) in [4.78, 5) is 17.1. The Bertz CT molecular complexity index is 937. The number of fused-ring (bicyclic) bond motifs is 1. The lowest BCUT2D eigenvalue weighted by Crippen LogP contribution is -2.32. The third-order valence-corrected chi connectivity index (χ3v) is 5.84. The van der Waals surface area contributed by atoms with E-state index in [1.165, 1.54) is 22.5 Å². The van der Waals surface area contributed by atoms with Gasteiger partial charge in [0.1, 0.15) is 5.01 Å². The minimum atomic E-state index is 0.0228. The first-order valence-corrected chi connectivity index (χ1v) is 10.0. The van der Waals surface area contributed by atoms with Crippen molar-refractivity contribution in [2.24, 2.45) is 0 Å². The number of hydrogen-bond donors (Lipinski definition) is 1. The Labute approximate surface area is 162 Å². The number of benzene rings is 2. The molecule has 1 atom stereocenters. The second-order valence-electron chi connectivity index (χ2n) is 6.54. The number of carbonyl (C=O) groups excluding carboxylic acids is 1. The molecule has 0 bridgehead atoms. The quantitative estimate of drug-likeness (QED) is 0.673. The van der Waals surface area contributed by atoms with Gasteiger partial charge in [0.25, 0.3) is 0 Å². The van der Waals surface area contributed by atoms with Crippen molar-refractivity contribution in [2.45, 2.75) is 31.7 Å². The summed E-state index contributed by atoms with van der Waals surface area (Å²) in [6.45, 7) is 0. The van der Waals surface area contributed by atoms with Crippen LogP contribution in [0.1, 0.15) is 35.7 Å². The molecule has 2 aromatic carbocycles. The van der Waals surface area contributed by atoms with Crippen LogP contribution < -0.4 is 5.32 Å². The molecule has 3 aromatic rings. The fourth-order valence-corrected chi connectivity index (χ4v) is 4.46. The van der Waals surface area contributed by atoms with Crippen molar-refractivity contribution >= 4 is 28.8 Å². The average Bonchev–Trinajstić information content (AvgIpc) is 3.10. The van der Waals surface area contributed by atoms with Gasteiger partial charge in [0.15, 0.2) is 0 Å². The number of thiazole rings is 1. The van der Waals surface area contributed by atoms with Gasteiger partial charge in [-0.25, -0.2) is 4.98 Å². The highest BCUT2D eigenvalue weighted by Gasteiger charge is 2.21. The van der Waals surface area contributed by atoms with Gasteiger partial charge in [0, 0.05) is 16.0 Å². The molecular formula is C21H19ClN2OS. The molecule has 1 N–H and O–H groups in total. The van der Waals surface area contributed by atoms with Crippen molar-refractivity contribution in [3.8, 4) is 10.6 Å². The highest BCUT2D eigenvalue weighted by Crippen LogP contribution is 2.30. The van der Waals surface area contributed by atoms with Gasteiger partial charge in [-0.15, -0.1) is 11.3 Å². The Morgan fingerprint density at radius 1 is 1.23 bits per heavy atom. The Hall–Kier alpha value is -2.17. The number of nitrogens with one attached hydrogen (secondary N) is 1. The van der Waals surface area contributed by atoms with Crippen LogP contribution in [-0.2, 0) is 17.6 Å². The van der Waals surface area contributed by atoms with E-state index >= 15 is 0 Å². The van der Waals surface area contributed by atoms with E-state index in [1.807, 2.05) is 35.7 Å². The van der Waals surface area contributed by atoms with Crippen LogP contribution in [0.25, 0.3) is 10.6 Å². The Balaban J connectivity index is 1.43. The van der Waals surface area contributed by atoms with Gasteiger partial charge in [-0.05, 0) is 42.5 Å². The van der Waals surface area contributed by atoms with E-state index in [0.29, 0.717) is 11.4 Å². The number of nitrogens with zero attached hydrogens (tertiary/aromatic N) is 1. The maximum Gasteiger partial charge on any atom is 0.226 e. The van der Waals surface area contributed by atoms with Gasteiger partial charge < -0.3 is 5.32 Å². The lowest BCUT2D eigenvalue weighted by molar-refractivity contribution is -0.121. The number of rotatable bonds is 4. The van der Waals surface area contributed by atoms with Crippen molar-refractivity contribution in [1.82, 2.24) is 10.3 Å². The predicted molar refractivity (Wildman–Crippen MR) is 107 cm³/mol. The van der Waals surface area contributed by atoms with Crippen LogP contribution in [0.15, 0.2) is 53.9 Å². The molecule has 0 spiro atoms. The van der Waals surface area contributed by atoms with Crippen LogP contribution in [0.2, 0.25) is 5.02 Å². The molecule has 1 amide bonds. The van der Waals surface area contributed by atoms with Crippen LogP contribution in [0.5, 0.6) is 0 Å². The second kappa shape index (κ2) is 7.60. The van der Waals surface area contributed by atoms with E-state index in [2.05, 4.69) is 28.5 Å². The number of aryl methyl sites for hydroxylation is 1. The van der Waals surface area contributed by atoms with E-state index in [1.54, 1.807) is 0 Å². The molecule has 0 saturated carbocycles. The van der Waals surface area contributed by atoms with Crippen LogP contribution in [-0.4, -0.2) is 10.9 Å². The molecule has 1 aromatic heterocycles. The van der Waals surface area contributed by atoms with Crippen molar-refractivity contribution in [1.29, 1.82) is 0 Å². The van der Waals surface area contributed by atoms with Crippen LogP contribution in [0.4, 0.5) is 0 Å². The largest absolute Gasteiger partial charge is 0.349 e. The van der Waals surface area contributed by atoms with E-state index < -0.39 is 0 Å². The molecule has 0 radical (unpaired) electrons. The monoisotopic (exact) mass is 382 g/mol. The first kappa shape index (κ1) is 17.3. The van der Waals surface area contributed by atoms with Crippen molar-refractivity contribution < 1.29 is 4.79 Å². The smallest absolute Gasteiger partial charge is 0.226 e. The number of carbonyl (C=O) groups is 1. The van der Waals surface area contributed by atoms with Crippen molar-refractivity contribution in [3.05, 3.63) is 75.8 Å². The average molecular weight is 383 g/mol. The summed E-state index contributed by atoms with van der Waals surface area (Å²) < 4.78 is 0. The molecule has 132 valence electrons. The molecule has 0 unspecified atom stereocenters. The molecule has 1 heterocycles. The normalized spacial score (nSPS) is 16.1. The van der Waals surface area contributed by atoms with Gasteiger partial charge >= 0.3 is 0 Å². The fraction of sp³-hybridized carbons (Fsp3) is 0.238. The van der Waals surface area contributed by atoms with Gasteiger partial charge in [0.05, 0.1) is 18.2 Å². The molecular weight excluding hydrogens is 364 g/mol. The summed E-state index contributed by atoms with van der Waals surface area (Å²) in [5, 5.41) is 6.71. The summed E-state index contributed by atoms with van der Waals surface area (Å²) in [6, 6.07) is 16.1. The van der Waals surface area contributed by atoms with E-state index in [-0.39, 0.29) is 11.9 Å². The van der Waals surface area contributed by atoms with Crippen LogP contribution in [0.3, 0.4) is 0 Å². The molecule has 0 aliphatic heterocycles. The lowest BCUT2D eigenvalue weighted by Gasteiger charge is -2.26. The highest BCUT2D eigenvalue weighted by molar-refractivity contribution is 7.13. The van der Waals surface area contributed by atoms with Gasteiger partial charge in [-0.3, -0.25) is 4.79 Å². The summed E-state index contributed by atoms with van der Waals surface area (Å²) in [6.07, 6.45) is 3.50. The summed E-state index contributed by atoms with van der Waals surface area (Å²) in [7, 11) is 0. The van der Waals surface area contributed by atoms with Gasteiger partial charge in [0.2, 0.25) is 5.91 Å². The second-order valence-corrected chi connectivity index (χ2v) is 7.84. The van der Waals surface area contributed by atoms with Crippen molar-refractivity contribution in [3.63, 3.8) is 0 Å². The van der Waals surface area contributed by atoms with E-state index in [0.717, 1.165) is 35.5 Å². The molecule has 1 aliphatic rings. The predicted octanol–water partition coefficient (Wildman–Crippen LogP) is 5.20. The molecule has 4 rings (SSSR count). The lowest BCUT2D eigenvalue weighted by atomic mass is 9.87. The Morgan fingerprint density at radius 3 is 3.00 bits per heavy atom. The minimum absolute atomic E-state index is 0.0228. The van der Waals surface area contributed by atoms with Gasteiger partial charge in [-0.1, -0.05) is 48.0 Å². The SMILES string of the molecule is O=C(Cc1csc(-c2cccc(Cl)c2)n1)N[C@@H]1CCCc2ccccc21. The zero-order valence-electron chi connectivity index (χ0n) is 14.2. The maximum atomic E-state index is 12.5. The zero-order chi connectivity index (χ0) is 17.9. The maximum absolute atomic E-state index is 12.5. The standard InChI is InChI=1S/C21H19ClN2OS/c22-16-8-3-7-15(11-16)21-23-17(13-26-21)12-20(25)24-19-10-4-6-14-5-1-2-9-18(14)19/h1-3,5,7-9,11,13,19H,4,6,10,12H2,(H,24,25)/t19-/m1/s1. The molecule has 26 heavy (non-hydrogen) atoms. The first-order chi connectivity index (χ1) is 12.7. The molecule has 3 nitrogen and oxygen atoms in total. The molecule has 0 fully saturated rings. The molecule has 0 saturated heterocycles.